The fourth-order valence-corrected chi connectivity index (χ4v) is 2.14. The van der Waals surface area contributed by atoms with E-state index in [-0.39, 0.29) is 18.1 Å². The fraction of sp³-hybridized carbons (Fsp3) is 0.389. The predicted octanol–water partition coefficient (Wildman–Crippen LogP) is 1.62. The van der Waals surface area contributed by atoms with E-state index >= 15 is 0 Å². The summed E-state index contributed by atoms with van der Waals surface area (Å²) in [5.74, 6) is 0.447. The molecule has 0 unspecified atom stereocenters. The third-order valence-corrected chi connectivity index (χ3v) is 3.82. The van der Waals surface area contributed by atoms with Crippen molar-refractivity contribution >= 4 is 5.91 Å². The van der Waals surface area contributed by atoms with Gasteiger partial charge in [-0.25, -0.2) is 4.98 Å². The summed E-state index contributed by atoms with van der Waals surface area (Å²) in [6, 6.07) is 7.23. The van der Waals surface area contributed by atoms with E-state index in [1.165, 1.54) is 22.5 Å². The first kappa shape index (κ1) is 17.7. The molecule has 24 heavy (non-hydrogen) atoms. The lowest BCUT2D eigenvalue weighted by Crippen LogP contribution is -2.33. The molecular weight excluding hydrogens is 306 g/mol. The smallest absolute Gasteiger partial charge is 0.258 e. The Bertz CT molecular complexity index is 768. The van der Waals surface area contributed by atoms with Crippen LogP contribution in [-0.4, -0.2) is 28.6 Å². The Labute approximate surface area is 141 Å². The Kier molecular flexibility index (Phi) is 6.12. The molecule has 0 atom stereocenters. The molecule has 0 aliphatic heterocycles. The molecule has 0 saturated heterocycles. The van der Waals surface area contributed by atoms with E-state index in [0.717, 1.165) is 17.7 Å². The summed E-state index contributed by atoms with van der Waals surface area (Å²) in [7, 11) is 0. The second-order valence-corrected chi connectivity index (χ2v) is 5.65. The van der Waals surface area contributed by atoms with Crippen LogP contribution in [0, 0.1) is 13.8 Å². The van der Waals surface area contributed by atoms with Gasteiger partial charge in [-0.3, -0.25) is 14.2 Å². The van der Waals surface area contributed by atoms with Crippen molar-refractivity contribution in [1.29, 1.82) is 0 Å². The zero-order valence-electron chi connectivity index (χ0n) is 14.3. The van der Waals surface area contributed by atoms with E-state index in [0.29, 0.717) is 18.8 Å². The molecule has 2 aromatic rings. The molecule has 1 aromatic heterocycles. The van der Waals surface area contributed by atoms with E-state index in [4.69, 9.17) is 4.74 Å². The van der Waals surface area contributed by atoms with Crippen molar-refractivity contribution in [2.45, 2.75) is 33.7 Å². The van der Waals surface area contributed by atoms with Gasteiger partial charge < -0.3 is 10.1 Å². The van der Waals surface area contributed by atoms with Crippen molar-refractivity contribution < 1.29 is 9.53 Å². The van der Waals surface area contributed by atoms with Crippen molar-refractivity contribution in [2.75, 3.05) is 13.2 Å². The first-order valence-corrected chi connectivity index (χ1v) is 8.01. The quantitative estimate of drug-likeness (QED) is 0.838. The largest absolute Gasteiger partial charge is 0.484 e. The summed E-state index contributed by atoms with van der Waals surface area (Å²) < 4.78 is 6.94. The maximum Gasteiger partial charge on any atom is 0.258 e. The zero-order chi connectivity index (χ0) is 17.5. The second kappa shape index (κ2) is 8.29. The van der Waals surface area contributed by atoms with Crippen molar-refractivity contribution in [3.63, 3.8) is 0 Å². The molecule has 0 saturated carbocycles. The normalized spacial score (nSPS) is 10.5. The molecule has 1 amide bonds. The highest BCUT2D eigenvalue weighted by molar-refractivity contribution is 5.77. The summed E-state index contributed by atoms with van der Waals surface area (Å²) in [6.45, 7) is 6.65. The molecule has 0 spiro atoms. The first-order valence-electron chi connectivity index (χ1n) is 8.01. The Morgan fingerprint density at radius 3 is 2.71 bits per heavy atom. The van der Waals surface area contributed by atoms with Crippen LogP contribution >= 0.6 is 0 Å². The fourth-order valence-electron chi connectivity index (χ4n) is 2.14. The van der Waals surface area contributed by atoms with Crippen LogP contribution in [0.1, 0.15) is 23.7 Å². The van der Waals surface area contributed by atoms with Gasteiger partial charge in [0.05, 0.1) is 6.33 Å². The topological polar surface area (TPSA) is 73.2 Å². The number of carbonyl (C=O) groups is 1. The minimum absolute atomic E-state index is 0.0512. The highest BCUT2D eigenvalue weighted by Crippen LogP contribution is 2.16. The lowest BCUT2D eigenvalue weighted by Gasteiger charge is -2.10. The molecule has 0 fully saturated rings. The van der Waals surface area contributed by atoms with Gasteiger partial charge in [-0.05, 0) is 43.5 Å². The Morgan fingerprint density at radius 2 is 2.04 bits per heavy atom. The molecule has 0 bridgehead atoms. The molecule has 1 heterocycles. The number of nitrogens with zero attached hydrogens (tertiary/aromatic N) is 2. The average Bonchev–Trinajstić information content (AvgIpc) is 2.57. The summed E-state index contributed by atoms with van der Waals surface area (Å²) in [6.07, 6.45) is 2.24. The van der Waals surface area contributed by atoms with Gasteiger partial charge in [0.15, 0.2) is 6.61 Å². The number of hydrogen-bond donors (Lipinski definition) is 1. The van der Waals surface area contributed by atoms with Crippen molar-refractivity contribution in [1.82, 2.24) is 14.9 Å². The van der Waals surface area contributed by atoms with Gasteiger partial charge in [0.2, 0.25) is 0 Å². The Morgan fingerprint density at radius 1 is 1.25 bits per heavy atom. The van der Waals surface area contributed by atoms with E-state index in [9.17, 15) is 9.59 Å². The molecule has 0 aliphatic rings. The summed E-state index contributed by atoms with van der Waals surface area (Å²) in [5.41, 5.74) is 2.96. The number of rotatable bonds is 7. The van der Waals surface area contributed by atoms with Crippen molar-refractivity contribution in [2.24, 2.45) is 0 Å². The summed E-state index contributed by atoms with van der Waals surface area (Å²) >= 11 is 0. The third-order valence-electron chi connectivity index (χ3n) is 3.82. The van der Waals surface area contributed by atoms with Gasteiger partial charge >= 0.3 is 0 Å². The monoisotopic (exact) mass is 329 g/mol. The van der Waals surface area contributed by atoms with Gasteiger partial charge in [0, 0.05) is 24.8 Å². The standard InChI is InChI=1S/C18H23N3O3/c1-4-15-10-18(23)21(12-20-15)8-7-19-17(22)11-24-16-6-5-13(2)14(3)9-16/h5-6,9-10,12H,4,7-8,11H2,1-3H3,(H,19,22). The number of carbonyl (C=O) groups excluding carboxylic acids is 1. The van der Waals surface area contributed by atoms with Gasteiger partial charge in [0.1, 0.15) is 5.75 Å². The summed E-state index contributed by atoms with van der Waals surface area (Å²) in [4.78, 5) is 27.8. The highest BCUT2D eigenvalue weighted by atomic mass is 16.5. The van der Waals surface area contributed by atoms with E-state index in [1.54, 1.807) is 0 Å². The molecule has 128 valence electrons. The maximum absolute atomic E-state index is 11.8. The molecule has 0 radical (unpaired) electrons. The van der Waals surface area contributed by atoms with E-state index in [2.05, 4.69) is 10.3 Å². The van der Waals surface area contributed by atoms with E-state index in [1.807, 2.05) is 39.0 Å². The van der Waals surface area contributed by atoms with Crippen LogP contribution in [0.4, 0.5) is 0 Å². The minimum Gasteiger partial charge on any atom is -0.484 e. The number of hydrogen-bond acceptors (Lipinski definition) is 4. The minimum atomic E-state index is -0.223. The lowest BCUT2D eigenvalue weighted by atomic mass is 10.1. The Balaban J connectivity index is 1.77. The number of ether oxygens (including phenoxy) is 1. The molecule has 1 N–H and O–H groups in total. The van der Waals surface area contributed by atoms with Gasteiger partial charge in [-0.1, -0.05) is 13.0 Å². The van der Waals surface area contributed by atoms with Crippen LogP contribution in [0.25, 0.3) is 0 Å². The van der Waals surface area contributed by atoms with Gasteiger partial charge in [-0.15, -0.1) is 0 Å². The van der Waals surface area contributed by atoms with E-state index < -0.39 is 0 Å². The molecule has 6 nitrogen and oxygen atoms in total. The number of nitrogens with one attached hydrogen (secondary N) is 1. The first-order chi connectivity index (χ1) is 11.5. The molecule has 2 rings (SSSR count). The molecular formula is C18H23N3O3. The highest BCUT2D eigenvalue weighted by Gasteiger charge is 2.04. The van der Waals surface area contributed by atoms with Crippen LogP contribution in [0.2, 0.25) is 0 Å². The zero-order valence-corrected chi connectivity index (χ0v) is 14.3. The van der Waals surface area contributed by atoms with Gasteiger partial charge in [-0.2, -0.15) is 0 Å². The summed E-state index contributed by atoms with van der Waals surface area (Å²) in [5, 5.41) is 2.73. The average molecular weight is 329 g/mol. The molecule has 1 aromatic carbocycles. The van der Waals surface area contributed by atoms with Crippen LogP contribution in [0.5, 0.6) is 5.75 Å². The maximum atomic E-state index is 11.8. The number of aryl methyl sites for hydroxylation is 3. The van der Waals surface area contributed by atoms with Crippen LogP contribution in [-0.2, 0) is 17.8 Å². The van der Waals surface area contributed by atoms with Crippen LogP contribution in [0.3, 0.4) is 0 Å². The Hall–Kier alpha value is -2.63. The van der Waals surface area contributed by atoms with Crippen LogP contribution < -0.4 is 15.6 Å². The second-order valence-electron chi connectivity index (χ2n) is 5.65. The molecule has 0 aliphatic carbocycles. The number of benzene rings is 1. The SMILES string of the molecule is CCc1cc(=O)n(CCNC(=O)COc2ccc(C)c(C)c2)cn1. The molecule has 6 heteroatoms. The van der Waals surface area contributed by atoms with Crippen molar-refractivity contribution in [3.05, 3.63) is 57.8 Å². The van der Waals surface area contributed by atoms with Crippen molar-refractivity contribution in [3.8, 4) is 5.75 Å². The number of aromatic nitrogens is 2. The van der Waals surface area contributed by atoms with Gasteiger partial charge in [0.25, 0.3) is 11.5 Å². The lowest BCUT2D eigenvalue weighted by molar-refractivity contribution is -0.123. The van der Waals surface area contributed by atoms with Crippen LogP contribution in [0.15, 0.2) is 35.4 Å². The number of amides is 1. The third kappa shape index (κ3) is 4.94. The predicted molar refractivity (Wildman–Crippen MR) is 92.3 cm³/mol.